The fraction of sp³-hybridized carbons (Fsp3) is 0.941. The highest BCUT2D eigenvalue weighted by atomic mass is 16.5. The quantitative estimate of drug-likeness (QED) is 0.741. The Morgan fingerprint density at radius 1 is 1.29 bits per heavy atom. The van der Waals surface area contributed by atoms with Crippen molar-refractivity contribution >= 4 is 5.91 Å². The molecule has 0 radical (unpaired) electrons. The van der Waals surface area contributed by atoms with Crippen LogP contribution in [-0.4, -0.2) is 100 Å². The van der Waals surface area contributed by atoms with Crippen LogP contribution in [0.5, 0.6) is 0 Å². The van der Waals surface area contributed by atoms with Gasteiger partial charge in [0.1, 0.15) is 6.61 Å². The largest absolute Gasteiger partial charge is 0.378 e. The van der Waals surface area contributed by atoms with E-state index >= 15 is 0 Å². The van der Waals surface area contributed by atoms with Crippen molar-refractivity contribution in [1.29, 1.82) is 0 Å². The number of methoxy groups -OCH3 is 1. The third-order valence-corrected chi connectivity index (χ3v) is 5.38. The summed E-state index contributed by atoms with van der Waals surface area (Å²) in [4.78, 5) is 16.6. The number of hydrogen-bond acceptors (Lipinski definition) is 6. The number of carbonyl (C=O) groups is 1. The summed E-state index contributed by atoms with van der Waals surface area (Å²) in [5, 5.41) is 2.91. The Bertz CT molecular complexity index is 421. The van der Waals surface area contributed by atoms with Gasteiger partial charge < -0.3 is 19.5 Å². The SMILES string of the molecule is COCC(=O)NCCN1CCOC[C@]2(COC[C@H]3CCCCN32)C1. The van der Waals surface area contributed by atoms with E-state index in [1.165, 1.54) is 26.4 Å². The number of carbonyl (C=O) groups excluding carboxylic acids is 1. The first-order valence-corrected chi connectivity index (χ1v) is 9.14. The molecule has 0 bridgehead atoms. The molecule has 3 aliphatic rings. The van der Waals surface area contributed by atoms with Gasteiger partial charge in [0.15, 0.2) is 0 Å². The van der Waals surface area contributed by atoms with Crippen molar-refractivity contribution in [3.63, 3.8) is 0 Å². The number of nitrogens with zero attached hydrogens (tertiary/aromatic N) is 2. The second kappa shape index (κ2) is 8.58. The average molecular weight is 341 g/mol. The maximum Gasteiger partial charge on any atom is 0.246 e. The van der Waals surface area contributed by atoms with E-state index in [0.717, 1.165) is 52.6 Å². The van der Waals surface area contributed by atoms with E-state index in [1.807, 2.05) is 0 Å². The highest BCUT2D eigenvalue weighted by Crippen LogP contribution is 2.32. The Kier molecular flexibility index (Phi) is 6.46. The van der Waals surface area contributed by atoms with Crippen molar-refractivity contribution in [2.75, 3.05) is 72.9 Å². The number of fused-ring (bicyclic) bond motifs is 2. The molecule has 3 heterocycles. The average Bonchev–Trinajstić information content (AvgIpc) is 2.79. The molecule has 3 fully saturated rings. The second-order valence-electron chi connectivity index (χ2n) is 7.19. The normalized spacial score (nSPS) is 32.3. The third kappa shape index (κ3) is 4.26. The number of piperidine rings is 1. The first-order valence-electron chi connectivity index (χ1n) is 9.14. The minimum Gasteiger partial charge on any atom is -0.378 e. The van der Waals surface area contributed by atoms with Crippen LogP contribution in [0.15, 0.2) is 0 Å². The van der Waals surface area contributed by atoms with Crippen LogP contribution in [0.3, 0.4) is 0 Å². The predicted octanol–water partition coefficient (Wildman–Crippen LogP) is -0.295. The van der Waals surface area contributed by atoms with Crippen molar-refractivity contribution in [2.24, 2.45) is 0 Å². The van der Waals surface area contributed by atoms with Gasteiger partial charge in [-0.3, -0.25) is 14.6 Å². The first kappa shape index (κ1) is 18.1. The van der Waals surface area contributed by atoms with E-state index in [2.05, 4.69) is 15.1 Å². The number of hydrogen-bond donors (Lipinski definition) is 1. The maximum absolute atomic E-state index is 11.5. The lowest BCUT2D eigenvalue weighted by molar-refractivity contribution is -0.141. The summed E-state index contributed by atoms with van der Waals surface area (Å²) >= 11 is 0. The zero-order chi connectivity index (χ0) is 16.8. The lowest BCUT2D eigenvalue weighted by Crippen LogP contribution is -2.68. The second-order valence-corrected chi connectivity index (χ2v) is 7.19. The predicted molar refractivity (Wildman–Crippen MR) is 90.0 cm³/mol. The fourth-order valence-electron chi connectivity index (χ4n) is 4.25. The standard InChI is InChI=1S/C17H31N3O4/c1-22-11-16(21)18-5-7-19-8-9-23-13-17(12-19)14-24-10-15-4-2-3-6-20(15)17/h15H,2-14H2,1H3,(H,18,21)/t15-,17+/m1/s1. The minimum absolute atomic E-state index is 0.0314. The van der Waals surface area contributed by atoms with Gasteiger partial charge in [-0.05, 0) is 19.4 Å². The summed E-state index contributed by atoms with van der Waals surface area (Å²) in [6.07, 6.45) is 3.80. The highest BCUT2D eigenvalue weighted by molar-refractivity contribution is 5.77. The van der Waals surface area contributed by atoms with Gasteiger partial charge in [-0.15, -0.1) is 0 Å². The van der Waals surface area contributed by atoms with E-state index in [4.69, 9.17) is 14.2 Å². The van der Waals surface area contributed by atoms with Crippen molar-refractivity contribution < 1.29 is 19.0 Å². The summed E-state index contributed by atoms with van der Waals surface area (Å²) in [5.74, 6) is -0.0598. The lowest BCUT2D eigenvalue weighted by atomic mass is 9.89. The van der Waals surface area contributed by atoms with Crippen LogP contribution < -0.4 is 5.32 Å². The summed E-state index contributed by atoms with van der Waals surface area (Å²) < 4.78 is 16.8. The molecule has 0 saturated carbocycles. The van der Waals surface area contributed by atoms with Crippen LogP contribution in [0.4, 0.5) is 0 Å². The van der Waals surface area contributed by atoms with Crippen LogP contribution in [0.1, 0.15) is 19.3 Å². The van der Waals surface area contributed by atoms with E-state index in [1.54, 1.807) is 0 Å². The van der Waals surface area contributed by atoms with Crippen molar-refractivity contribution in [3.8, 4) is 0 Å². The number of nitrogens with one attached hydrogen (secondary N) is 1. The van der Waals surface area contributed by atoms with Crippen LogP contribution in [0, 0.1) is 0 Å². The summed E-state index contributed by atoms with van der Waals surface area (Å²) in [6, 6.07) is 0.539. The summed E-state index contributed by atoms with van der Waals surface area (Å²) in [5.41, 5.74) is -0.0314. The topological polar surface area (TPSA) is 63.3 Å². The van der Waals surface area contributed by atoms with E-state index in [0.29, 0.717) is 12.6 Å². The molecule has 3 saturated heterocycles. The number of amides is 1. The van der Waals surface area contributed by atoms with Gasteiger partial charge in [0.25, 0.3) is 0 Å². The Balaban J connectivity index is 1.58. The first-order chi connectivity index (χ1) is 11.7. The lowest BCUT2D eigenvalue weighted by Gasteiger charge is -2.53. The molecule has 0 aliphatic carbocycles. The highest BCUT2D eigenvalue weighted by Gasteiger charge is 2.47. The molecule has 0 aromatic carbocycles. The molecule has 3 aliphatic heterocycles. The smallest absolute Gasteiger partial charge is 0.246 e. The molecule has 1 spiro atoms. The minimum atomic E-state index is -0.0598. The van der Waals surface area contributed by atoms with Crippen molar-refractivity contribution in [1.82, 2.24) is 15.1 Å². The van der Waals surface area contributed by atoms with Crippen LogP contribution in [0.25, 0.3) is 0 Å². The molecule has 3 rings (SSSR count). The van der Waals surface area contributed by atoms with Gasteiger partial charge in [0, 0.05) is 39.3 Å². The zero-order valence-corrected chi connectivity index (χ0v) is 14.8. The van der Waals surface area contributed by atoms with Gasteiger partial charge in [0.2, 0.25) is 5.91 Å². The molecule has 2 atom stereocenters. The molecule has 0 aromatic rings. The Hall–Kier alpha value is -0.730. The molecule has 1 N–H and O–H groups in total. The van der Waals surface area contributed by atoms with Gasteiger partial charge in [-0.1, -0.05) is 6.42 Å². The summed E-state index contributed by atoms with van der Waals surface area (Å²) in [7, 11) is 1.54. The van der Waals surface area contributed by atoms with Crippen LogP contribution in [0.2, 0.25) is 0 Å². The van der Waals surface area contributed by atoms with Gasteiger partial charge in [-0.25, -0.2) is 0 Å². The van der Waals surface area contributed by atoms with E-state index in [-0.39, 0.29) is 18.1 Å². The zero-order valence-electron chi connectivity index (χ0n) is 14.8. The monoisotopic (exact) mass is 341 g/mol. The molecule has 0 aromatic heterocycles. The molecule has 24 heavy (non-hydrogen) atoms. The van der Waals surface area contributed by atoms with Gasteiger partial charge in [-0.2, -0.15) is 0 Å². The van der Waals surface area contributed by atoms with E-state index < -0.39 is 0 Å². The van der Waals surface area contributed by atoms with Gasteiger partial charge in [0.05, 0.1) is 32.0 Å². The van der Waals surface area contributed by atoms with Crippen LogP contribution >= 0.6 is 0 Å². The molecule has 138 valence electrons. The molecule has 7 heteroatoms. The number of morpholine rings is 1. The molecular formula is C17H31N3O4. The van der Waals surface area contributed by atoms with Crippen molar-refractivity contribution in [3.05, 3.63) is 0 Å². The Morgan fingerprint density at radius 2 is 2.17 bits per heavy atom. The molecular weight excluding hydrogens is 310 g/mol. The number of ether oxygens (including phenoxy) is 3. The maximum atomic E-state index is 11.5. The third-order valence-electron chi connectivity index (χ3n) is 5.38. The summed E-state index contributed by atoms with van der Waals surface area (Å²) in [6.45, 7) is 7.69. The number of rotatable bonds is 5. The fourth-order valence-corrected chi connectivity index (χ4v) is 4.25. The molecule has 7 nitrogen and oxygen atoms in total. The molecule has 1 amide bonds. The Morgan fingerprint density at radius 3 is 3.04 bits per heavy atom. The van der Waals surface area contributed by atoms with E-state index in [9.17, 15) is 4.79 Å². The van der Waals surface area contributed by atoms with Crippen LogP contribution in [-0.2, 0) is 19.0 Å². The van der Waals surface area contributed by atoms with Crippen molar-refractivity contribution in [2.45, 2.75) is 30.8 Å². The molecule has 0 unspecified atom stereocenters. The Labute approximate surface area is 144 Å². The van der Waals surface area contributed by atoms with Gasteiger partial charge >= 0.3 is 0 Å².